The van der Waals surface area contributed by atoms with E-state index in [-0.39, 0.29) is 11.9 Å². The molecule has 0 aliphatic carbocycles. The van der Waals surface area contributed by atoms with E-state index in [1.807, 2.05) is 69.0 Å². The summed E-state index contributed by atoms with van der Waals surface area (Å²) >= 11 is 12.4. The molecule has 4 rings (SSSR count). The summed E-state index contributed by atoms with van der Waals surface area (Å²) in [4.78, 5) is 15.2. The van der Waals surface area contributed by atoms with Gasteiger partial charge in [-0.25, -0.2) is 0 Å². The van der Waals surface area contributed by atoms with Crippen LogP contribution in [-0.2, 0) is 0 Å². The van der Waals surface area contributed by atoms with Gasteiger partial charge in [-0.3, -0.25) is 9.89 Å². The third-order valence-electron chi connectivity index (χ3n) is 5.08. The number of nitrogens with zero attached hydrogens (tertiary/aromatic N) is 2. The Bertz CT molecular complexity index is 1060. The molecule has 1 aliphatic rings. The Kier molecular flexibility index (Phi) is 4.52. The Morgan fingerprint density at radius 1 is 1.04 bits per heavy atom. The molecule has 1 aromatic heterocycles. The van der Waals surface area contributed by atoms with E-state index in [9.17, 15) is 4.79 Å². The first-order valence-electron chi connectivity index (χ1n) is 9.12. The van der Waals surface area contributed by atoms with Crippen molar-refractivity contribution in [3.63, 3.8) is 0 Å². The fraction of sp³-hybridized carbons (Fsp3) is 0.273. The second kappa shape index (κ2) is 6.64. The number of nitrogens with one attached hydrogen (secondary N) is 1. The third kappa shape index (κ3) is 3.01. The molecule has 3 aromatic rings. The first-order chi connectivity index (χ1) is 13.2. The van der Waals surface area contributed by atoms with Gasteiger partial charge in [0.15, 0.2) is 0 Å². The topological polar surface area (TPSA) is 49.0 Å². The first-order valence-corrected chi connectivity index (χ1v) is 9.88. The quantitative estimate of drug-likeness (QED) is 0.556. The molecule has 4 nitrogen and oxygen atoms in total. The van der Waals surface area contributed by atoms with Gasteiger partial charge in [0, 0.05) is 16.7 Å². The van der Waals surface area contributed by atoms with Gasteiger partial charge in [-0.1, -0.05) is 59.1 Å². The second-order valence-electron chi connectivity index (χ2n) is 8.15. The van der Waals surface area contributed by atoms with Crippen LogP contribution in [0.2, 0.25) is 10.0 Å². The highest BCUT2D eigenvalue weighted by molar-refractivity contribution is 6.42. The van der Waals surface area contributed by atoms with Crippen LogP contribution in [0.1, 0.15) is 54.0 Å². The summed E-state index contributed by atoms with van der Waals surface area (Å²) in [5.74, 6) is -0.0653. The Balaban J connectivity index is 1.95. The number of hydrogen-bond donors (Lipinski definition) is 1. The van der Waals surface area contributed by atoms with E-state index in [1.165, 1.54) is 5.56 Å². The average molecular weight is 414 g/mol. The molecule has 28 heavy (non-hydrogen) atoms. The minimum atomic E-state index is -0.391. The molecule has 0 saturated heterocycles. The van der Waals surface area contributed by atoms with Crippen LogP contribution in [0.3, 0.4) is 0 Å². The Morgan fingerprint density at radius 3 is 2.32 bits per heavy atom. The standard InChI is InChI=1S/C22H21Cl2N3O/c1-12-5-7-13(8-6-12)18-17-19(26-25-18)21(28)27(22(2,3)4)20(17)14-9-10-15(23)16(24)11-14/h5-11,20H,1-4H3,(H,25,26). The molecule has 1 amide bonds. The van der Waals surface area contributed by atoms with E-state index in [0.717, 1.165) is 22.4 Å². The molecule has 6 heteroatoms. The van der Waals surface area contributed by atoms with Crippen LogP contribution >= 0.6 is 23.2 Å². The van der Waals surface area contributed by atoms with Crippen molar-refractivity contribution in [2.24, 2.45) is 0 Å². The van der Waals surface area contributed by atoms with Crippen molar-refractivity contribution in [3.8, 4) is 11.3 Å². The van der Waals surface area contributed by atoms with Gasteiger partial charge in [-0.2, -0.15) is 5.10 Å². The fourth-order valence-corrected chi connectivity index (χ4v) is 4.07. The van der Waals surface area contributed by atoms with Crippen molar-refractivity contribution < 1.29 is 4.79 Å². The van der Waals surface area contributed by atoms with Gasteiger partial charge >= 0.3 is 0 Å². The van der Waals surface area contributed by atoms with E-state index < -0.39 is 5.54 Å². The number of carbonyl (C=O) groups is 1. The number of hydrogen-bond acceptors (Lipinski definition) is 2. The maximum atomic E-state index is 13.3. The van der Waals surface area contributed by atoms with Crippen molar-refractivity contribution in [2.45, 2.75) is 39.3 Å². The maximum Gasteiger partial charge on any atom is 0.273 e. The molecular weight excluding hydrogens is 393 g/mol. The van der Waals surface area contributed by atoms with Gasteiger partial charge in [0.05, 0.1) is 21.8 Å². The summed E-state index contributed by atoms with van der Waals surface area (Å²) in [5, 5.41) is 8.42. The molecule has 2 heterocycles. The lowest BCUT2D eigenvalue weighted by atomic mass is 9.93. The number of fused-ring (bicyclic) bond motifs is 1. The van der Waals surface area contributed by atoms with E-state index in [4.69, 9.17) is 23.2 Å². The highest BCUT2D eigenvalue weighted by Crippen LogP contribution is 2.46. The number of aromatic amines is 1. The van der Waals surface area contributed by atoms with Crippen molar-refractivity contribution >= 4 is 29.1 Å². The van der Waals surface area contributed by atoms with Crippen LogP contribution < -0.4 is 0 Å². The van der Waals surface area contributed by atoms with Crippen LogP contribution in [0.15, 0.2) is 42.5 Å². The molecule has 1 aliphatic heterocycles. The number of aromatic nitrogens is 2. The largest absolute Gasteiger partial charge is 0.321 e. The van der Waals surface area contributed by atoms with Crippen molar-refractivity contribution in [1.29, 1.82) is 0 Å². The van der Waals surface area contributed by atoms with Gasteiger partial charge in [-0.05, 0) is 45.4 Å². The number of aryl methyl sites for hydroxylation is 1. The summed E-state index contributed by atoms with van der Waals surface area (Å²) in [6.45, 7) is 8.13. The number of benzene rings is 2. The fourth-order valence-electron chi connectivity index (χ4n) is 3.77. The molecule has 0 saturated carbocycles. The number of amides is 1. The summed E-state index contributed by atoms with van der Waals surface area (Å²) < 4.78 is 0. The highest BCUT2D eigenvalue weighted by atomic mass is 35.5. The smallest absolute Gasteiger partial charge is 0.273 e. The number of rotatable bonds is 2. The SMILES string of the molecule is Cc1ccc(-c2n[nH]c3c2C(c2ccc(Cl)c(Cl)c2)N(C(C)(C)C)C3=O)cc1. The minimum Gasteiger partial charge on any atom is -0.321 e. The van der Waals surface area contributed by atoms with Crippen molar-refractivity contribution in [3.05, 3.63) is 74.9 Å². The zero-order valence-electron chi connectivity index (χ0n) is 16.2. The molecule has 0 spiro atoms. The van der Waals surface area contributed by atoms with Gasteiger partial charge in [0.25, 0.3) is 5.91 Å². The van der Waals surface area contributed by atoms with Crippen molar-refractivity contribution in [1.82, 2.24) is 15.1 Å². The van der Waals surface area contributed by atoms with E-state index in [2.05, 4.69) is 10.2 Å². The van der Waals surface area contributed by atoms with Crippen LogP contribution in [0, 0.1) is 6.92 Å². The normalized spacial score (nSPS) is 16.6. The predicted octanol–water partition coefficient (Wildman–Crippen LogP) is 6.04. The van der Waals surface area contributed by atoms with E-state index in [1.54, 1.807) is 6.07 Å². The number of halogens is 2. The molecule has 0 radical (unpaired) electrons. The molecule has 144 valence electrons. The average Bonchev–Trinajstić information content (AvgIpc) is 3.17. The maximum absolute atomic E-state index is 13.3. The number of H-pyrrole nitrogens is 1. The second-order valence-corrected chi connectivity index (χ2v) is 8.96. The molecule has 1 atom stereocenters. The zero-order chi connectivity index (χ0) is 20.2. The Morgan fingerprint density at radius 2 is 1.71 bits per heavy atom. The van der Waals surface area contributed by atoms with Crippen LogP contribution in [0.5, 0.6) is 0 Å². The zero-order valence-corrected chi connectivity index (χ0v) is 17.7. The first kappa shape index (κ1) is 19.0. The lowest BCUT2D eigenvalue weighted by Gasteiger charge is -2.37. The lowest BCUT2D eigenvalue weighted by molar-refractivity contribution is 0.0546. The summed E-state index contributed by atoms with van der Waals surface area (Å²) in [7, 11) is 0. The van der Waals surface area contributed by atoms with Gasteiger partial charge < -0.3 is 4.90 Å². The lowest BCUT2D eigenvalue weighted by Crippen LogP contribution is -2.44. The molecule has 1 N–H and O–H groups in total. The molecule has 0 fully saturated rings. The van der Waals surface area contributed by atoms with Crippen LogP contribution in [-0.4, -0.2) is 26.5 Å². The number of carbonyl (C=O) groups excluding carboxylic acids is 1. The van der Waals surface area contributed by atoms with Crippen LogP contribution in [0.25, 0.3) is 11.3 Å². The van der Waals surface area contributed by atoms with Gasteiger partial charge in [-0.15, -0.1) is 0 Å². The summed E-state index contributed by atoms with van der Waals surface area (Å²) in [6.07, 6.45) is 0. The van der Waals surface area contributed by atoms with E-state index >= 15 is 0 Å². The van der Waals surface area contributed by atoms with Gasteiger partial charge in [0.2, 0.25) is 0 Å². The summed E-state index contributed by atoms with van der Waals surface area (Å²) in [6, 6.07) is 13.4. The summed E-state index contributed by atoms with van der Waals surface area (Å²) in [5.41, 5.74) is 4.85. The Labute approximate surface area is 174 Å². The molecule has 1 unspecified atom stereocenters. The Hall–Kier alpha value is -2.30. The minimum absolute atomic E-state index is 0.0653. The van der Waals surface area contributed by atoms with E-state index in [0.29, 0.717) is 15.7 Å². The third-order valence-corrected chi connectivity index (χ3v) is 5.81. The monoisotopic (exact) mass is 413 g/mol. The molecule has 2 aromatic carbocycles. The van der Waals surface area contributed by atoms with Crippen LogP contribution in [0.4, 0.5) is 0 Å². The van der Waals surface area contributed by atoms with Crippen molar-refractivity contribution in [2.75, 3.05) is 0 Å². The highest BCUT2D eigenvalue weighted by Gasteiger charge is 2.46. The molecule has 0 bridgehead atoms. The predicted molar refractivity (Wildman–Crippen MR) is 113 cm³/mol. The molecular formula is C22H21Cl2N3O. The van der Waals surface area contributed by atoms with Gasteiger partial charge in [0.1, 0.15) is 5.69 Å².